The highest BCUT2D eigenvalue weighted by Crippen LogP contribution is 2.16. The van der Waals surface area contributed by atoms with E-state index >= 15 is 0 Å². The lowest BCUT2D eigenvalue weighted by atomic mass is 10.1. The van der Waals surface area contributed by atoms with Crippen LogP contribution in [0.25, 0.3) is 0 Å². The van der Waals surface area contributed by atoms with Crippen LogP contribution in [0.3, 0.4) is 0 Å². The Balaban J connectivity index is 3.20. The smallest absolute Gasteiger partial charge is 0.252 e. The van der Waals surface area contributed by atoms with Crippen molar-refractivity contribution in [3.05, 3.63) is 36.2 Å². The fourth-order valence-corrected chi connectivity index (χ4v) is 0.786. The lowest BCUT2D eigenvalue weighted by Gasteiger charge is -1.99. The van der Waals surface area contributed by atoms with Crippen molar-refractivity contribution in [2.75, 3.05) is 0 Å². The van der Waals surface area contributed by atoms with E-state index in [9.17, 15) is 4.79 Å². The number of carbonyl (C=O) groups is 1. The largest absolute Gasteiger partial charge is 0.507 e. The number of hydrogen-bond acceptors (Lipinski definition) is 2. The van der Waals surface area contributed by atoms with Crippen LogP contribution in [0.5, 0.6) is 5.75 Å². The molecule has 0 aliphatic heterocycles. The lowest BCUT2D eigenvalue weighted by Crippen LogP contribution is -2.10. The maximum absolute atomic E-state index is 10.6. The van der Waals surface area contributed by atoms with Gasteiger partial charge in [0, 0.05) is 0 Å². The van der Waals surface area contributed by atoms with E-state index in [1.165, 1.54) is 12.1 Å². The van der Waals surface area contributed by atoms with Gasteiger partial charge in [-0.2, -0.15) is 0 Å². The fourth-order valence-electron chi connectivity index (χ4n) is 0.786. The standard InChI is InChI=1S/C8H8NO2/c1-5-2-3-6(8(9)11)7(10)4-5/h2-4,10H,1H2,(H2,9,11). The molecule has 3 nitrogen and oxygen atoms in total. The molecule has 0 saturated carbocycles. The summed E-state index contributed by atoms with van der Waals surface area (Å²) in [4.78, 5) is 10.6. The van der Waals surface area contributed by atoms with Crippen molar-refractivity contribution in [1.82, 2.24) is 0 Å². The van der Waals surface area contributed by atoms with Crippen LogP contribution in [0, 0.1) is 6.92 Å². The second-order valence-electron chi connectivity index (χ2n) is 2.22. The van der Waals surface area contributed by atoms with Gasteiger partial charge in [-0.3, -0.25) is 4.79 Å². The second-order valence-corrected chi connectivity index (χ2v) is 2.22. The molecule has 1 aromatic rings. The molecular weight excluding hydrogens is 142 g/mol. The first-order valence-corrected chi connectivity index (χ1v) is 3.06. The summed E-state index contributed by atoms with van der Waals surface area (Å²) in [6.45, 7) is 3.57. The lowest BCUT2D eigenvalue weighted by molar-refractivity contribution is 0.0998. The van der Waals surface area contributed by atoms with Crippen LogP contribution in [-0.4, -0.2) is 11.0 Å². The van der Waals surface area contributed by atoms with Crippen LogP contribution in [0.15, 0.2) is 18.2 Å². The van der Waals surface area contributed by atoms with Gasteiger partial charge in [-0.1, -0.05) is 6.07 Å². The topological polar surface area (TPSA) is 63.3 Å². The predicted molar refractivity (Wildman–Crippen MR) is 41.1 cm³/mol. The predicted octanol–water partition coefficient (Wildman–Crippen LogP) is 0.673. The molecule has 0 bridgehead atoms. The van der Waals surface area contributed by atoms with E-state index in [0.717, 1.165) is 0 Å². The summed E-state index contributed by atoms with van der Waals surface area (Å²) in [5.41, 5.74) is 5.71. The number of nitrogens with two attached hydrogens (primary N) is 1. The monoisotopic (exact) mass is 150 g/mol. The molecule has 0 aliphatic rings. The zero-order chi connectivity index (χ0) is 8.43. The Hall–Kier alpha value is -1.51. The molecule has 1 aromatic carbocycles. The molecule has 3 N–H and O–H groups in total. The number of rotatable bonds is 1. The summed E-state index contributed by atoms with van der Waals surface area (Å²) in [7, 11) is 0. The highest BCUT2D eigenvalue weighted by molar-refractivity contribution is 5.95. The van der Waals surface area contributed by atoms with Crippen molar-refractivity contribution in [3.63, 3.8) is 0 Å². The minimum atomic E-state index is -0.637. The quantitative estimate of drug-likeness (QED) is 0.618. The average molecular weight is 150 g/mol. The molecule has 3 heteroatoms. The third-order valence-corrected chi connectivity index (χ3v) is 1.33. The molecule has 0 spiro atoms. The van der Waals surface area contributed by atoms with E-state index in [4.69, 9.17) is 10.8 Å². The van der Waals surface area contributed by atoms with Crippen LogP contribution in [-0.2, 0) is 0 Å². The Kier molecular flexibility index (Phi) is 1.81. The summed E-state index contributed by atoms with van der Waals surface area (Å²) < 4.78 is 0. The molecule has 1 rings (SSSR count). The molecule has 0 heterocycles. The van der Waals surface area contributed by atoms with Crippen molar-refractivity contribution < 1.29 is 9.90 Å². The molecule has 0 fully saturated rings. The summed E-state index contributed by atoms with van der Waals surface area (Å²) in [6, 6.07) is 4.44. The third kappa shape index (κ3) is 1.49. The van der Waals surface area contributed by atoms with Gasteiger partial charge in [-0.25, -0.2) is 0 Å². The van der Waals surface area contributed by atoms with Gasteiger partial charge in [-0.05, 0) is 24.6 Å². The van der Waals surface area contributed by atoms with E-state index in [1.807, 2.05) is 0 Å². The molecule has 1 amide bonds. The minimum Gasteiger partial charge on any atom is -0.507 e. The SMILES string of the molecule is [CH2]c1ccc(C(N)=O)c(O)c1. The molecule has 11 heavy (non-hydrogen) atoms. The molecule has 0 aliphatic carbocycles. The van der Waals surface area contributed by atoms with Gasteiger partial charge in [0.25, 0.3) is 5.91 Å². The van der Waals surface area contributed by atoms with E-state index < -0.39 is 5.91 Å². The average Bonchev–Trinajstić information content (AvgIpc) is 1.85. The summed E-state index contributed by atoms with van der Waals surface area (Å²) in [6.07, 6.45) is 0. The number of phenols is 1. The van der Waals surface area contributed by atoms with E-state index in [-0.39, 0.29) is 11.3 Å². The Morgan fingerprint density at radius 2 is 2.18 bits per heavy atom. The zero-order valence-electron chi connectivity index (χ0n) is 5.87. The van der Waals surface area contributed by atoms with E-state index in [0.29, 0.717) is 5.56 Å². The number of hydrogen-bond donors (Lipinski definition) is 2. The number of carbonyl (C=O) groups excluding carboxylic acids is 1. The number of amides is 1. The van der Waals surface area contributed by atoms with Crippen molar-refractivity contribution in [2.45, 2.75) is 0 Å². The molecule has 57 valence electrons. The van der Waals surface area contributed by atoms with Crippen molar-refractivity contribution >= 4 is 5.91 Å². The first-order valence-electron chi connectivity index (χ1n) is 3.06. The number of benzene rings is 1. The molecular formula is C8H8NO2. The summed E-state index contributed by atoms with van der Waals surface area (Å²) in [5, 5.41) is 9.12. The normalized spacial score (nSPS) is 9.55. The first kappa shape index (κ1) is 7.60. The number of primary amides is 1. The van der Waals surface area contributed by atoms with Gasteiger partial charge in [-0.15, -0.1) is 0 Å². The summed E-state index contributed by atoms with van der Waals surface area (Å²) >= 11 is 0. The van der Waals surface area contributed by atoms with Gasteiger partial charge in [0.1, 0.15) is 5.75 Å². The van der Waals surface area contributed by atoms with Crippen LogP contribution in [0.2, 0.25) is 0 Å². The van der Waals surface area contributed by atoms with Crippen LogP contribution in [0.4, 0.5) is 0 Å². The first-order chi connectivity index (χ1) is 5.11. The molecule has 0 atom stereocenters. The van der Waals surface area contributed by atoms with E-state index in [2.05, 4.69) is 6.92 Å². The Bertz CT molecular complexity index is 294. The van der Waals surface area contributed by atoms with E-state index in [1.54, 1.807) is 6.07 Å². The Morgan fingerprint density at radius 1 is 1.55 bits per heavy atom. The van der Waals surface area contributed by atoms with Crippen molar-refractivity contribution in [2.24, 2.45) is 5.73 Å². The maximum atomic E-state index is 10.6. The fraction of sp³-hybridized carbons (Fsp3) is 0. The Morgan fingerprint density at radius 3 is 2.64 bits per heavy atom. The molecule has 1 radical (unpaired) electrons. The van der Waals surface area contributed by atoms with Gasteiger partial charge >= 0.3 is 0 Å². The van der Waals surface area contributed by atoms with Gasteiger partial charge in [0.2, 0.25) is 0 Å². The van der Waals surface area contributed by atoms with Crippen molar-refractivity contribution in [1.29, 1.82) is 0 Å². The van der Waals surface area contributed by atoms with Gasteiger partial charge < -0.3 is 10.8 Å². The number of aromatic hydroxyl groups is 1. The molecule has 0 saturated heterocycles. The van der Waals surface area contributed by atoms with Crippen LogP contribution in [0.1, 0.15) is 15.9 Å². The van der Waals surface area contributed by atoms with Crippen LogP contribution >= 0.6 is 0 Å². The van der Waals surface area contributed by atoms with Crippen molar-refractivity contribution in [3.8, 4) is 5.75 Å². The Labute approximate surface area is 64.5 Å². The summed E-state index contributed by atoms with van der Waals surface area (Å²) in [5.74, 6) is -0.757. The molecule has 0 aromatic heterocycles. The third-order valence-electron chi connectivity index (χ3n) is 1.33. The highest BCUT2D eigenvalue weighted by atomic mass is 16.3. The minimum absolute atomic E-state index is 0.120. The second kappa shape index (κ2) is 2.62. The van der Waals surface area contributed by atoms with Gasteiger partial charge in [0.05, 0.1) is 5.56 Å². The van der Waals surface area contributed by atoms with Crippen LogP contribution < -0.4 is 5.73 Å². The maximum Gasteiger partial charge on any atom is 0.252 e. The molecule has 0 unspecified atom stereocenters. The zero-order valence-corrected chi connectivity index (χ0v) is 5.87. The van der Waals surface area contributed by atoms with Gasteiger partial charge in [0.15, 0.2) is 0 Å². The highest BCUT2D eigenvalue weighted by Gasteiger charge is 2.05.